The van der Waals surface area contributed by atoms with Crippen molar-refractivity contribution in [3.05, 3.63) is 80.2 Å². The van der Waals surface area contributed by atoms with E-state index < -0.39 is 35.1 Å². The second-order valence-electron chi connectivity index (χ2n) is 7.80. The van der Waals surface area contributed by atoms with Gasteiger partial charge in [-0.25, -0.2) is 15.4 Å². The molecule has 0 saturated carbocycles. The molecule has 1 fully saturated rings. The molecule has 1 amide bonds. The standard InChI is InChI=1S/C22H15Cl2F3N6O3/c23-13-3-11(7-28)4-15(5-13)36-18-19(22(25,26)27)30-10-33(21(18)35)9-14-6-16(20(34)32-31-14)12-1-2-17(24)29-8-12/h1-5,8,10,14,16,31H,6,9H2,(H,32,34). The molecule has 0 bridgehead atoms. The van der Waals surface area contributed by atoms with Crippen molar-refractivity contribution in [3.8, 4) is 17.6 Å². The van der Waals surface area contributed by atoms with Crippen LogP contribution in [0.1, 0.15) is 29.2 Å². The van der Waals surface area contributed by atoms with Crippen LogP contribution in [0.5, 0.6) is 11.5 Å². The first-order valence-electron chi connectivity index (χ1n) is 10.3. The fourth-order valence-electron chi connectivity index (χ4n) is 3.65. The lowest BCUT2D eigenvalue weighted by atomic mass is 9.91. The lowest BCUT2D eigenvalue weighted by Gasteiger charge is -2.30. The monoisotopic (exact) mass is 538 g/mol. The number of nitriles is 1. The quantitative estimate of drug-likeness (QED) is 0.473. The van der Waals surface area contributed by atoms with Gasteiger partial charge in [-0.05, 0) is 36.2 Å². The van der Waals surface area contributed by atoms with Gasteiger partial charge in [-0.1, -0.05) is 29.3 Å². The third-order valence-electron chi connectivity index (χ3n) is 5.29. The van der Waals surface area contributed by atoms with Crippen LogP contribution in [0, 0.1) is 11.3 Å². The Labute approximate surface area is 211 Å². The number of rotatable bonds is 5. The van der Waals surface area contributed by atoms with Gasteiger partial charge >= 0.3 is 6.18 Å². The van der Waals surface area contributed by atoms with E-state index in [0.29, 0.717) is 5.56 Å². The molecular weight excluding hydrogens is 524 g/mol. The Kier molecular flexibility index (Phi) is 7.16. The molecule has 1 aliphatic rings. The number of hydrogen-bond donors (Lipinski definition) is 2. The first-order valence-corrected chi connectivity index (χ1v) is 11.0. The van der Waals surface area contributed by atoms with E-state index in [-0.39, 0.29) is 40.4 Å². The maximum absolute atomic E-state index is 13.6. The van der Waals surface area contributed by atoms with Gasteiger partial charge in [0.25, 0.3) is 5.56 Å². The molecule has 4 rings (SSSR count). The van der Waals surface area contributed by atoms with Gasteiger partial charge in [0.05, 0.1) is 23.9 Å². The van der Waals surface area contributed by atoms with Gasteiger partial charge in [-0.3, -0.25) is 19.6 Å². The largest absolute Gasteiger partial charge is 0.449 e. The Morgan fingerprint density at radius 3 is 2.64 bits per heavy atom. The van der Waals surface area contributed by atoms with Gasteiger partial charge in [-0.2, -0.15) is 18.4 Å². The molecule has 3 heterocycles. The second-order valence-corrected chi connectivity index (χ2v) is 8.62. The average Bonchev–Trinajstić information content (AvgIpc) is 2.82. The maximum atomic E-state index is 13.6. The molecule has 2 atom stereocenters. The van der Waals surface area contributed by atoms with E-state index in [2.05, 4.69) is 20.8 Å². The Morgan fingerprint density at radius 2 is 1.97 bits per heavy atom. The number of aromatic nitrogens is 3. The SMILES string of the molecule is N#Cc1cc(Cl)cc(Oc2c(C(F)(F)F)ncn(CC3CC(c4ccc(Cl)nc4)C(=O)NN3)c2=O)c1. The molecule has 2 aromatic heterocycles. The molecule has 3 aromatic rings. The summed E-state index contributed by atoms with van der Waals surface area (Å²) in [5.74, 6) is -2.29. The molecule has 186 valence electrons. The topological polar surface area (TPSA) is 122 Å². The van der Waals surface area contributed by atoms with Gasteiger partial charge in [0.15, 0.2) is 5.69 Å². The maximum Gasteiger partial charge on any atom is 0.437 e. The Balaban J connectivity index is 1.65. The number of benzene rings is 1. The normalized spacial score (nSPS) is 17.8. The molecule has 1 aliphatic heterocycles. The molecule has 1 saturated heterocycles. The molecule has 2 N–H and O–H groups in total. The van der Waals surface area contributed by atoms with Gasteiger partial charge < -0.3 is 4.74 Å². The highest BCUT2D eigenvalue weighted by molar-refractivity contribution is 6.30. The third-order valence-corrected chi connectivity index (χ3v) is 5.73. The van der Waals surface area contributed by atoms with E-state index >= 15 is 0 Å². The predicted molar refractivity (Wildman–Crippen MR) is 121 cm³/mol. The minimum atomic E-state index is -4.99. The third kappa shape index (κ3) is 5.59. The number of nitrogens with one attached hydrogen (secondary N) is 2. The molecule has 14 heteroatoms. The number of hydrogen-bond acceptors (Lipinski definition) is 7. The van der Waals surface area contributed by atoms with Crippen LogP contribution in [0.2, 0.25) is 10.2 Å². The summed E-state index contributed by atoms with van der Waals surface area (Å²) in [5.41, 5.74) is 3.21. The van der Waals surface area contributed by atoms with E-state index in [0.717, 1.165) is 17.0 Å². The number of pyridine rings is 1. The van der Waals surface area contributed by atoms with Crippen molar-refractivity contribution in [2.24, 2.45) is 0 Å². The Bertz CT molecular complexity index is 1410. The lowest BCUT2D eigenvalue weighted by Crippen LogP contribution is -2.54. The summed E-state index contributed by atoms with van der Waals surface area (Å²) >= 11 is 11.7. The van der Waals surface area contributed by atoms with Gasteiger partial charge in [-0.15, -0.1) is 0 Å². The van der Waals surface area contributed by atoms with Gasteiger partial charge in [0.1, 0.15) is 10.9 Å². The summed E-state index contributed by atoms with van der Waals surface area (Å²) in [7, 11) is 0. The highest BCUT2D eigenvalue weighted by Crippen LogP contribution is 2.35. The van der Waals surface area contributed by atoms with Crippen molar-refractivity contribution < 1.29 is 22.7 Å². The number of nitrogens with zero attached hydrogens (tertiary/aromatic N) is 4. The second kappa shape index (κ2) is 10.1. The molecule has 1 aromatic carbocycles. The molecule has 0 radical (unpaired) electrons. The molecular formula is C22H15Cl2F3N6O3. The zero-order valence-electron chi connectivity index (χ0n) is 18.0. The zero-order valence-corrected chi connectivity index (χ0v) is 19.5. The number of ether oxygens (including phenoxy) is 1. The predicted octanol–water partition coefficient (Wildman–Crippen LogP) is 3.80. The number of amides is 1. The number of alkyl halides is 3. The smallest absolute Gasteiger partial charge is 0.437 e. The fraction of sp³-hybridized carbons (Fsp3) is 0.227. The van der Waals surface area contributed by atoms with Crippen molar-refractivity contribution in [2.75, 3.05) is 0 Å². The van der Waals surface area contributed by atoms with Crippen LogP contribution in [0.4, 0.5) is 13.2 Å². The van der Waals surface area contributed by atoms with Crippen molar-refractivity contribution in [3.63, 3.8) is 0 Å². The molecule has 9 nitrogen and oxygen atoms in total. The summed E-state index contributed by atoms with van der Waals surface area (Å²) in [6.07, 6.45) is -2.58. The summed E-state index contributed by atoms with van der Waals surface area (Å²) in [4.78, 5) is 32.8. The fourth-order valence-corrected chi connectivity index (χ4v) is 3.98. The van der Waals surface area contributed by atoms with E-state index in [1.54, 1.807) is 12.1 Å². The molecule has 2 unspecified atom stereocenters. The molecule has 0 aliphatic carbocycles. The van der Waals surface area contributed by atoms with Crippen LogP contribution in [0.3, 0.4) is 0 Å². The van der Waals surface area contributed by atoms with E-state index in [9.17, 15) is 22.8 Å². The minimum Gasteiger partial charge on any atom is -0.449 e. The van der Waals surface area contributed by atoms with Crippen LogP contribution in [0.25, 0.3) is 0 Å². The first kappa shape index (κ1) is 25.4. The van der Waals surface area contributed by atoms with Crippen molar-refractivity contribution in [2.45, 2.75) is 31.1 Å². The van der Waals surface area contributed by atoms with Crippen LogP contribution < -0.4 is 21.1 Å². The van der Waals surface area contributed by atoms with Crippen LogP contribution in [-0.4, -0.2) is 26.5 Å². The Hall–Kier alpha value is -3.66. The number of carbonyl (C=O) groups is 1. The zero-order chi connectivity index (χ0) is 26.0. The van der Waals surface area contributed by atoms with Crippen molar-refractivity contribution in [1.82, 2.24) is 25.4 Å². The lowest BCUT2D eigenvalue weighted by molar-refractivity contribution is -0.142. The van der Waals surface area contributed by atoms with Crippen LogP contribution >= 0.6 is 23.2 Å². The number of halogens is 5. The number of hydrazine groups is 1. The van der Waals surface area contributed by atoms with Crippen LogP contribution in [-0.2, 0) is 17.5 Å². The summed E-state index contributed by atoms with van der Waals surface area (Å²) in [6, 6.07) is 8.02. The highest BCUT2D eigenvalue weighted by atomic mass is 35.5. The summed E-state index contributed by atoms with van der Waals surface area (Å²) in [6.45, 7) is -0.142. The van der Waals surface area contributed by atoms with E-state index in [4.69, 9.17) is 33.2 Å². The van der Waals surface area contributed by atoms with E-state index in [1.165, 1.54) is 24.4 Å². The number of carbonyl (C=O) groups excluding carboxylic acids is 1. The van der Waals surface area contributed by atoms with Crippen molar-refractivity contribution in [1.29, 1.82) is 5.26 Å². The average molecular weight is 539 g/mol. The minimum absolute atomic E-state index is 0.0279. The summed E-state index contributed by atoms with van der Waals surface area (Å²) in [5, 5.41) is 9.37. The summed E-state index contributed by atoms with van der Waals surface area (Å²) < 4.78 is 47.1. The molecule has 0 spiro atoms. The Morgan fingerprint density at radius 1 is 1.19 bits per heavy atom. The van der Waals surface area contributed by atoms with E-state index in [1.807, 2.05) is 0 Å². The van der Waals surface area contributed by atoms with Gasteiger partial charge in [0.2, 0.25) is 11.7 Å². The molecule has 36 heavy (non-hydrogen) atoms. The first-order chi connectivity index (χ1) is 17.0. The highest BCUT2D eigenvalue weighted by Gasteiger charge is 2.39. The van der Waals surface area contributed by atoms with Crippen LogP contribution in [0.15, 0.2) is 47.7 Å². The van der Waals surface area contributed by atoms with Gasteiger partial charge in [0, 0.05) is 23.8 Å². The van der Waals surface area contributed by atoms with Crippen molar-refractivity contribution >= 4 is 29.1 Å².